The molecule has 0 heterocycles. The van der Waals surface area contributed by atoms with E-state index in [1.165, 1.54) is 12.1 Å². The number of rotatable bonds is 0. The van der Waals surface area contributed by atoms with Crippen molar-refractivity contribution in [1.82, 2.24) is 0 Å². The summed E-state index contributed by atoms with van der Waals surface area (Å²) in [7, 11) is 0. The van der Waals surface area contributed by atoms with Gasteiger partial charge in [0.25, 0.3) is 0 Å². The standard InChI is InChI=1S/C6H4F.W/c7-6-4-2-1-3-5-6;/h1-4H;/q-1;. The van der Waals surface area contributed by atoms with Gasteiger partial charge in [0.05, 0.1) is 0 Å². The van der Waals surface area contributed by atoms with E-state index in [1.54, 1.807) is 12.1 Å². The van der Waals surface area contributed by atoms with Gasteiger partial charge in [-0.2, -0.15) is 18.2 Å². The second-order valence-corrected chi connectivity index (χ2v) is 1.21. The van der Waals surface area contributed by atoms with Crippen molar-refractivity contribution in [3.8, 4) is 0 Å². The van der Waals surface area contributed by atoms with Gasteiger partial charge in [0.2, 0.25) is 0 Å². The summed E-state index contributed by atoms with van der Waals surface area (Å²) in [5, 5.41) is 0. The van der Waals surface area contributed by atoms with E-state index in [2.05, 4.69) is 6.07 Å². The van der Waals surface area contributed by atoms with Crippen molar-refractivity contribution in [1.29, 1.82) is 0 Å². The summed E-state index contributed by atoms with van der Waals surface area (Å²) >= 11 is 0. The maximum absolute atomic E-state index is 11.9. The largest absolute Gasteiger partial charge is 0.236 e. The minimum Gasteiger partial charge on any atom is -0.236 e. The minimum atomic E-state index is -0.303. The summed E-state index contributed by atoms with van der Waals surface area (Å²) in [6, 6.07) is 8.62. The van der Waals surface area contributed by atoms with Crippen molar-refractivity contribution in [3.63, 3.8) is 0 Å². The first kappa shape index (κ1) is 7.84. The molecule has 1 aromatic rings. The Hall–Kier alpha value is -0.162. The van der Waals surface area contributed by atoms with E-state index in [0.717, 1.165) is 0 Å². The second kappa shape index (κ2) is 3.79. The van der Waals surface area contributed by atoms with E-state index in [4.69, 9.17) is 0 Å². The maximum Gasteiger partial charge on any atom is 0.0108 e. The molecule has 0 spiro atoms. The third kappa shape index (κ3) is 2.22. The fraction of sp³-hybridized carbons (Fsp3) is 0. The molecule has 1 aromatic carbocycles. The third-order valence-electron chi connectivity index (χ3n) is 0.671. The van der Waals surface area contributed by atoms with Crippen molar-refractivity contribution in [3.05, 3.63) is 36.1 Å². The zero-order valence-corrected chi connectivity index (χ0v) is 7.03. The summed E-state index contributed by atoms with van der Waals surface area (Å²) in [4.78, 5) is 0. The molecule has 0 unspecified atom stereocenters. The average Bonchev–Trinajstić information content (AvgIpc) is 1.69. The van der Waals surface area contributed by atoms with Gasteiger partial charge in [-0.15, -0.1) is 12.1 Å². The molecule has 0 aromatic heterocycles. The summed E-state index contributed by atoms with van der Waals surface area (Å²) < 4.78 is 11.9. The number of benzene rings is 1. The summed E-state index contributed by atoms with van der Waals surface area (Å²) in [5.74, 6) is -0.303. The Morgan fingerprint density at radius 2 is 2.12 bits per heavy atom. The molecule has 0 aliphatic rings. The van der Waals surface area contributed by atoms with Crippen molar-refractivity contribution in [2.24, 2.45) is 0 Å². The normalized spacial score (nSPS) is 7.62. The summed E-state index contributed by atoms with van der Waals surface area (Å²) in [5.41, 5.74) is 0. The van der Waals surface area contributed by atoms with Crippen LogP contribution in [0.2, 0.25) is 0 Å². The molecular weight excluding hydrogens is 275 g/mol. The smallest absolute Gasteiger partial charge is 0.0108 e. The fourth-order valence-corrected chi connectivity index (χ4v) is 0.371. The van der Waals surface area contributed by atoms with Crippen molar-refractivity contribution in [2.75, 3.05) is 0 Å². The molecule has 0 radical (unpaired) electrons. The van der Waals surface area contributed by atoms with Crippen LogP contribution in [0.1, 0.15) is 0 Å². The van der Waals surface area contributed by atoms with E-state index in [0.29, 0.717) is 0 Å². The van der Waals surface area contributed by atoms with Gasteiger partial charge >= 0.3 is 0 Å². The molecule has 0 atom stereocenters. The zero-order valence-electron chi connectivity index (χ0n) is 4.10. The molecule has 0 nitrogen and oxygen atoms in total. The monoisotopic (exact) mass is 279 g/mol. The van der Waals surface area contributed by atoms with Gasteiger partial charge in [-0.05, 0) is 0 Å². The molecule has 0 bridgehead atoms. The topological polar surface area (TPSA) is 0 Å². The van der Waals surface area contributed by atoms with Gasteiger partial charge in [0.15, 0.2) is 0 Å². The van der Waals surface area contributed by atoms with Crippen LogP contribution >= 0.6 is 0 Å². The van der Waals surface area contributed by atoms with Gasteiger partial charge in [-0.25, -0.2) is 4.39 Å². The van der Waals surface area contributed by atoms with E-state index < -0.39 is 0 Å². The van der Waals surface area contributed by atoms with Crippen molar-refractivity contribution in [2.45, 2.75) is 0 Å². The molecule has 0 aliphatic heterocycles. The maximum atomic E-state index is 11.9. The average molecular weight is 279 g/mol. The Morgan fingerprint density at radius 3 is 2.38 bits per heavy atom. The first-order valence-corrected chi connectivity index (χ1v) is 2.02. The molecule has 0 saturated carbocycles. The molecule has 0 aliphatic carbocycles. The molecule has 8 heavy (non-hydrogen) atoms. The van der Waals surface area contributed by atoms with Gasteiger partial charge in [-0.3, -0.25) is 0 Å². The van der Waals surface area contributed by atoms with Crippen LogP contribution in [0, 0.1) is 11.9 Å². The van der Waals surface area contributed by atoms with Crippen molar-refractivity contribution >= 4 is 0 Å². The summed E-state index contributed by atoms with van der Waals surface area (Å²) in [6.07, 6.45) is 0. The van der Waals surface area contributed by atoms with Gasteiger partial charge in [0, 0.05) is 26.9 Å². The van der Waals surface area contributed by atoms with Crippen LogP contribution in [0.25, 0.3) is 0 Å². The van der Waals surface area contributed by atoms with Crippen LogP contribution < -0.4 is 0 Å². The molecule has 42 valence electrons. The Bertz CT molecular complexity index is 138. The fourth-order valence-electron chi connectivity index (χ4n) is 0.371. The molecule has 1 rings (SSSR count). The Morgan fingerprint density at radius 1 is 1.38 bits per heavy atom. The van der Waals surface area contributed by atoms with E-state index in [1.807, 2.05) is 0 Å². The van der Waals surface area contributed by atoms with Crippen LogP contribution in [0.3, 0.4) is 0 Å². The Kier molecular flexibility index (Phi) is 3.72. The quantitative estimate of drug-likeness (QED) is 0.633. The second-order valence-electron chi connectivity index (χ2n) is 1.21. The Labute approximate surface area is 62.0 Å². The van der Waals surface area contributed by atoms with Crippen LogP contribution in [-0.2, 0) is 21.1 Å². The number of hydrogen-bond acceptors (Lipinski definition) is 0. The minimum absolute atomic E-state index is 0. The zero-order chi connectivity index (χ0) is 5.11. The number of halogens is 1. The van der Waals surface area contributed by atoms with Crippen LogP contribution in [0.5, 0.6) is 0 Å². The first-order valence-electron chi connectivity index (χ1n) is 2.02. The van der Waals surface area contributed by atoms with Crippen LogP contribution in [0.15, 0.2) is 24.3 Å². The SMILES string of the molecule is Fc1[c-]cccc1.[W]. The van der Waals surface area contributed by atoms with E-state index >= 15 is 0 Å². The van der Waals surface area contributed by atoms with Gasteiger partial charge in [-0.1, -0.05) is 0 Å². The van der Waals surface area contributed by atoms with Gasteiger partial charge in [0.1, 0.15) is 0 Å². The number of hydrogen-bond donors (Lipinski definition) is 0. The third-order valence-corrected chi connectivity index (χ3v) is 0.671. The predicted octanol–water partition coefficient (Wildman–Crippen LogP) is 1.62. The summed E-state index contributed by atoms with van der Waals surface area (Å²) in [6.45, 7) is 0. The molecule has 0 amide bonds. The van der Waals surface area contributed by atoms with Gasteiger partial charge < -0.3 is 0 Å². The van der Waals surface area contributed by atoms with Crippen molar-refractivity contribution < 1.29 is 25.5 Å². The van der Waals surface area contributed by atoms with E-state index in [-0.39, 0.29) is 26.9 Å². The van der Waals surface area contributed by atoms with E-state index in [9.17, 15) is 4.39 Å². The molecule has 0 fully saturated rings. The van der Waals surface area contributed by atoms with Crippen LogP contribution in [0.4, 0.5) is 4.39 Å². The molecule has 2 heteroatoms. The van der Waals surface area contributed by atoms with Crippen LogP contribution in [-0.4, -0.2) is 0 Å². The molecule has 0 saturated heterocycles. The molecular formula is C6H4FW-. The molecule has 0 N–H and O–H groups in total. The Balaban J connectivity index is 0.000000490. The predicted molar refractivity (Wildman–Crippen MR) is 25.2 cm³/mol. The first-order chi connectivity index (χ1) is 3.39.